The molecule has 1 saturated heterocycles. The lowest BCUT2D eigenvalue weighted by molar-refractivity contribution is -0.147. The Hall–Kier alpha value is -0.580. The SMILES string of the molecule is CC(CC(F)(F)F)N1CCC(=O)CC1. The molecule has 1 atom stereocenters. The van der Waals surface area contributed by atoms with Crippen LogP contribution in [-0.2, 0) is 4.79 Å². The highest BCUT2D eigenvalue weighted by Crippen LogP contribution is 2.24. The first-order chi connectivity index (χ1) is 6.38. The number of hydrogen-bond acceptors (Lipinski definition) is 2. The fraction of sp³-hybridized carbons (Fsp3) is 0.889. The molecule has 0 aromatic heterocycles. The first kappa shape index (κ1) is 11.5. The second-order valence-corrected chi connectivity index (χ2v) is 3.74. The predicted molar refractivity (Wildman–Crippen MR) is 45.9 cm³/mol. The number of alkyl halides is 3. The van der Waals surface area contributed by atoms with Crippen LogP contribution in [0.25, 0.3) is 0 Å². The lowest BCUT2D eigenvalue weighted by Crippen LogP contribution is -2.42. The zero-order chi connectivity index (χ0) is 10.8. The molecule has 0 saturated carbocycles. The van der Waals surface area contributed by atoms with Gasteiger partial charge in [-0.1, -0.05) is 0 Å². The zero-order valence-electron chi connectivity index (χ0n) is 8.10. The summed E-state index contributed by atoms with van der Waals surface area (Å²) in [5.41, 5.74) is 0. The fourth-order valence-electron chi connectivity index (χ4n) is 1.68. The van der Waals surface area contributed by atoms with Crippen LogP contribution >= 0.6 is 0 Å². The van der Waals surface area contributed by atoms with Crippen molar-refractivity contribution in [3.63, 3.8) is 0 Å². The summed E-state index contributed by atoms with van der Waals surface area (Å²) in [4.78, 5) is 12.6. The first-order valence-corrected chi connectivity index (χ1v) is 4.71. The summed E-state index contributed by atoms with van der Waals surface area (Å²) in [6.07, 6.45) is -4.12. The van der Waals surface area contributed by atoms with E-state index in [1.54, 1.807) is 11.8 Å². The molecule has 1 heterocycles. The summed E-state index contributed by atoms with van der Waals surface area (Å²) in [6, 6.07) is -0.511. The van der Waals surface area contributed by atoms with Crippen LogP contribution in [0.15, 0.2) is 0 Å². The summed E-state index contributed by atoms with van der Waals surface area (Å²) in [5, 5.41) is 0. The van der Waals surface area contributed by atoms with Crippen LogP contribution in [0.5, 0.6) is 0 Å². The minimum atomic E-state index is -4.11. The molecule has 0 aromatic rings. The lowest BCUT2D eigenvalue weighted by atomic mass is 10.1. The Morgan fingerprint density at radius 3 is 2.29 bits per heavy atom. The highest BCUT2D eigenvalue weighted by molar-refractivity contribution is 5.79. The summed E-state index contributed by atoms with van der Waals surface area (Å²) in [5.74, 6) is 0.153. The van der Waals surface area contributed by atoms with Crippen LogP contribution in [0, 0.1) is 0 Å². The van der Waals surface area contributed by atoms with Gasteiger partial charge in [0.15, 0.2) is 0 Å². The van der Waals surface area contributed by atoms with E-state index in [9.17, 15) is 18.0 Å². The van der Waals surface area contributed by atoms with E-state index in [2.05, 4.69) is 0 Å². The van der Waals surface area contributed by atoms with Crippen molar-refractivity contribution in [1.29, 1.82) is 0 Å². The molecule has 1 aliphatic heterocycles. The molecule has 2 nitrogen and oxygen atoms in total. The second kappa shape index (κ2) is 4.29. The van der Waals surface area contributed by atoms with Crippen molar-refractivity contribution in [1.82, 2.24) is 4.90 Å². The number of Topliss-reactive ketones (excluding diaryl/α,β-unsaturated/α-hetero) is 1. The topological polar surface area (TPSA) is 20.3 Å². The molecule has 0 bridgehead atoms. The maximum absolute atomic E-state index is 12.0. The predicted octanol–water partition coefficient (Wildman–Crippen LogP) is 1.99. The normalized spacial score (nSPS) is 22.4. The third-order valence-electron chi connectivity index (χ3n) is 2.51. The standard InChI is InChI=1S/C9H14F3NO/c1-7(6-9(10,11)12)13-4-2-8(14)3-5-13/h7H,2-6H2,1H3. The summed E-state index contributed by atoms with van der Waals surface area (Å²) in [7, 11) is 0. The van der Waals surface area contributed by atoms with E-state index in [1.165, 1.54) is 0 Å². The number of halogens is 3. The Bertz CT molecular complexity index is 205. The molecule has 5 heteroatoms. The van der Waals surface area contributed by atoms with Crippen molar-refractivity contribution in [2.45, 2.75) is 38.4 Å². The number of carbonyl (C=O) groups excluding carboxylic acids is 1. The molecule has 0 amide bonds. The van der Waals surface area contributed by atoms with Crippen LogP contribution in [0.3, 0.4) is 0 Å². The molecule has 1 fully saturated rings. The van der Waals surface area contributed by atoms with Gasteiger partial charge in [-0.15, -0.1) is 0 Å². The molecule has 0 aromatic carbocycles. The smallest absolute Gasteiger partial charge is 0.300 e. The monoisotopic (exact) mass is 209 g/mol. The average Bonchev–Trinajstić information content (AvgIpc) is 2.02. The van der Waals surface area contributed by atoms with Crippen LogP contribution in [-0.4, -0.2) is 36.0 Å². The van der Waals surface area contributed by atoms with E-state index in [0.29, 0.717) is 25.9 Å². The van der Waals surface area contributed by atoms with Crippen LogP contribution in [0.4, 0.5) is 13.2 Å². The fourth-order valence-corrected chi connectivity index (χ4v) is 1.68. The van der Waals surface area contributed by atoms with Crippen LogP contribution in [0.1, 0.15) is 26.2 Å². The lowest BCUT2D eigenvalue weighted by Gasteiger charge is -2.32. The number of hydrogen-bond donors (Lipinski definition) is 0. The van der Waals surface area contributed by atoms with Gasteiger partial charge in [0, 0.05) is 32.0 Å². The van der Waals surface area contributed by atoms with Crippen molar-refractivity contribution < 1.29 is 18.0 Å². The number of carbonyl (C=O) groups is 1. The van der Waals surface area contributed by atoms with Crippen LogP contribution in [0.2, 0.25) is 0 Å². The summed E-state index contributed by atoms with van der Waals surface area (Å²) >= 11 is 0. The molecule has 82 valence electrons. The van der Waals surface area contributed by atoms with E-state index >= 15 is 0 Å². The molecule has 1 unspecified atom stereocenters. The van der Waals surface area contributed by atoms with Crippen LogP contribution < -0.4 is 0 Å². The van der Waals surface area contributed by atoms with E-state index in [0.717, 1.165) is 0 Å². The van der Waals surface area contributed by atoms with E-state index < -0.39 is 18.6 Å². The van der Waals surface area contributed by atoms with Gasteiger partial charge in [-0.2, -0.15) is 13.2 Å². The van der Waals surface area contributed by atoms with Crippen molar-refractivity contribution in [3.8, 4) is 0 Å². The molecule has 0 spiro atoms. The number of piperidine rings is 1. The van der Waals surface area contributed by atoms with Gasteiger partial charge in [0.2, 0.25) is 0 Å². The molecule has 14 heavy (non-hydrogen) atoms. The van der Waals surface area contributed by atoms with Crippen molar-refractivity contribution >= 4 is 5.78 Å². The molecule has 0 radical (unpaired) electrons. The van der Waals surface area contributed by atoms with Gasteiger partial charge >= 0.3 is 6.18 Å². The second-order valence-electron chi connectivity index (χ2n) is 3.74. The maximum Gasteiger partial charge on any atom is 0.390 e. The van der Waals surface area contributed by atoms with Gasteiger partial charge < -0.3 is 0 Å². The molecular weight excluding hydrogens is 195 g/mol. The zero-order valence-corrected chi connectivity index (χ0v) is 8.10. The number of likely N-dealkylation sites (tertiary alicyclic amines) is 1. The van der Waals surface area contributed by atoms with Crippen molar-refractivity contribution in [2.24, 2.45) is 0 Å². The van der Waals surface area contributed by atoms with Gasteiger partial charge in [-0.05, 0) is 6.92 Å². The Kier molecular flexibility index (Phi) is 3.53. The highest BCUT2D eigenvalue weighted by atomic mass is 19.4. The Balaban J connectivity index is 2.38. The molecule has 1 rings (SSSR count). The van der Waals surface area contributed by atoms with Gasteiger partial charge in [0.05, 0.1) is 6.42 Å². The van der Waals surface area contributed by atoms with Crippen molar-refractivity contribution in [2.75, 3.05) is 13.1 Å². The Labute approximate surface area is 81.1 Å². The third kappa shape index (κ3) is 3.65. The number of nitrogens with zero attached hydrogens (tertiary/aromatic N) is 1. The maximum atomic E-state index is 12.0. The quantitative estimate of drug-likeness (QED) is 0.693. The molecule has 1 aliphatic rings. The Morgan fingerprint density at radius 2 is 1.86 bits per heavy atom. The highest BCUT2D eigenvalue weighted by Gasteiger charge is 2.33. The van der Waals surface area contributed by atoms with Gasteiger partial charge in [-0.3, -0.25) is 9.69 Å². The van der Waals surface area contributed by atoms with E-state index in [1.807, 2.05) is 0 Å². The minimum absolute atomic E-state index is 0.153. The van der Waals surface area contributed by atoms with E-state index in [4.69, 9.17) is 0 Å². The number of rotatable bonds is 2. The largest absolute Gasteiger partial charge is 0.390 e. The Morgan fingerprint density at radius 1 is 1.36 bits per heavy atom. The van der Waals surface area contributed by atoms with Gasteiger partial charge in [0.1, 0.15) is 5.78 Å². The molecular formula is C9H14F3NO. The summed E-state index contributed by atoms with van der Waals surface area (Å²) in [6.45, 7) is 2.50. The first-order valence-electron chi connectivity index (χ1n) is 4.71. The molecule has 0 aliphatic carbocycles. The number of ketones is 1. The summed E-state index contributed by atoms with van der Waals surface area (Å²) < 4.78 is 36.1. The van der Waals surface area contributed by atoms with Crippen molar-refractivity contribution in [3.05, 3.63) is 0 Å². The minimum Gasteiger partial charge on any atom is -0.300 e. The molecule has 0 N–H and O–H groups in total. The third-order valence-corrected chi connectivity index (χ3v) is 2.51. The van der Waals surface area contributed by atoms with E-state index in [-0.39, 0.29) is 5.78 Å². The van der Waals surface area contributed by atoms with Gasteiger partial charge in [-0.25, -0.2) is 0 Å². The van der Waals surface area contributed by atoms with Gasteiger partial charge in [0.25, 0.3) is 0 Å². The average molecular weight is 209 g/mol.